The minimum Gasteiger partial charge on any atom is -0.497 e. The van der Waals surface area contributed by atoms with E-state index in [4.69, 9.17) is 4.74 Å². The molecular weight excluding hydrogens is 274 g/mol. The second-order valence-electron chi connectivity index (χ2n) is 6.16. The fourth-order valence-electron chi connectivity index (χ4n) is 3.29. The topological polar surface area (TPSA) is 30.3 Å². The third kappa shape index (κ3) is 4.10. The molecule has 1 aliphatic heterocycles. The van der Waals surface area contributed by atoms with Crippen molar-refractivity contribution in [3.63, 3.8) is 0 Å². The molecule has 0 aliphatic carbocycles. The van der Waals surface area contributed by atoms with Gasteiger partial charge in [0.2, 0.25) is 0 Å². The maximum absolute atomic E-state index is 5.23. The van der Waals surface area contributed by atoms with E-state index in [0.717, 1.165) is 24.8 Å². The van der Waals surface area contributed by atoms with Crippen molar-refractivity contribution in [3.8, 4) is 5.75 Å². The molecule has 22 heavy (non-hydrogen) atoms. The average Bonchev–Trinajstić information content (AvgIpc) is 3.08. The number of rotatable bonds is 6. The van der Waals surface area contributed by atoms with E-state index in [0.29, 0.717) is 0 Å². The van der Waals surface area contributed by atoms with Gasteiger partial charge in [-0.05, 0) is 49.4 Å². The zero-order chi connectivity index (χ0) is 15.2. The molecule has 118 valence electrons. The van der Waals surface area contributed by atoms with Crippen LogP contribution < -0.4 is 4.74 Å². The van der Waals surface area contributed by atoms with Gasteiger partial charge in [0.05, 0.1) is 13.4 Å². The smallest absolute Gasteiger partial charge is 0.118 e. The number of imidazole rings is 1. The van der Waals surface area contributed by atoms with Crippen molar-refractivity contribution in [3.05, 3.63) is 48.5 Å². The maximum Gasteiger partial charge on any atom is 0.118 e. The first-order chi connectivity index (χ1) is 10.8. The highest BCUT2D eigenvalue weighted by Gasteiger charge is 2.19. The van der Waals surface area contributed by atoms with Crippen molar-refractivity contribution in [2.45, 2.75) is 25.8 Å². The van der Waals surface area contributed by atoms with Crippen LogP contribution in [0.3, 0.4) is 0 Å². The molecule has 1 aliphatic rings. The third-order valence-electron chi connectivity index (χ3n) is 4.52. The van der Waals surface area contributed by atoms with Gasteiger partial charge in [0.1, 0.15) is 5.75 Å². The normalized spacial score (nSPS) is 19.2. The molecule has 0 radical (unpaired) electrons. The average molecular weight is 299 g/mol. The minimum atomic E-state index is 0.768. The number of hydrogen-bond acceptors (Lipinski definition) is 3. The van der Waals surface area contributed by atoms with E-state index in [1.165, 1.54) is 37.9 Å². The first kappa shape index (κ1) is 15.1. The third-order valence-corrected chi connectivity index (χ3v) is 4.52. The van der Waals surface area contributed by atoms with Gasteiger partial charge < -0.3 is 14.2 Å². The standard InChI is InChI=1S/C18H25N3O/c1-22-18-6-4-16(5-7-18)13-17-3-2-9-20(14-17)11-12-21-10-8-19-15-21/h4-8,10,15,17H,2-3,9,11-14H2,1H3. The Kier molecular flexibility index (Phi) is 5.11. The highest BCUT2D eigenvalue weighted by atomic mass is 16.5. The summed E-state index contributed by atoms with van der Waals surface area (Å²) >= 11 is 0. The Balaban J connectivity index is 1.49. The highest BCUT2D eigenvalue weighted by molar-refractivity contribution is 5.27. The van der Waals surface area contributed by atoms with Gasteiger partial charge in [-0.2, -0.15) is 0 Å². The zero-order valence-corrected chi connectivity index (χ0v) is 13.3. The van der Waals surface area contributed by atoms with E-state index in [2.05, 4.69) is 38.7 Å². The lowest BCUT2D eigenvalue weighted by Crippen LogP contribution is -2.38. The quantitative estimate of drug-likeness (QED) is 0.821. The number of piperidine rings is 1. The Morgan fingerprint density at radius 3 is 2.82 bits per heavy atom. The monoisotopic (exact) mass is 299 g/mol. The molecule has 1 atom stereocenters. The predicted octanol–water partition coefficient (Wildman–Crippen LogP) is 2.85. The van der Waals surface area contributed by atoms with Gasteiger partial charge in [-0.3, -0.25) is 0 Å². The van der Waals surface area contributed by atoms with Crippen molar-refractivity contribution < 1.29 is 4.74 Å². The SMILES string of the molecule is COc1ccc(CC2CCCN(CCn3ccnc3)C2)cc1. The Hall–Kier alpha value is -1.81. The zero-order valence-electron chi connectivity index (χ0n) is 13.3. The molecule has 4 heteroatoms. The molecular formula is C18H25N3O. The Morgan fingerprint density at radius 2 is 2.09 bits per heavy atom. The lowest BCUT2D eigenvalue weighted by atomic mass is 9.91. The summed E-state index contributed by atoms with van der Waals surface area (Å²) in [4.78, 5) is 6.70. The van der Waals surface area contributed by atoms with Crippen LogP contribution in [0.5, 0.6) is 5.75 Å². The lowest BCUT2D eigenvalue weighted by Gasteiger charge is -2.32. The molecule has 1 saturated heterocycles. The van der Waals surface area contributed by atoms with Crippen molar-refractivity contribution in [1.29, 1.82) is 0 Å². The van der Waals surface area contributed by atoms with Gasteiger partial charge in [-0.25, -0.2) is 4.98 Å². The van der Waals surface area contributed by atoms with Crippen LogP contribution in [0.4, 0.5) is 0 Å². The van der Waals surface area contributed by atoms with Crippen LogP contribution in [0.15, 0.2) is 43.0 Å². The van der Waals surface area contributed by atoms with Crippen molar-refractivity contribution in [1.82, 2.24) is 14.5 Å². The summed E-state index contributed by atoms with van der Waals surface area (Å²) in [5.41, 5.74) is 1.42. The van der Waals surface area contributed by atoms with Crippen LogP contribution in [0.25, 0.3) is 0 Å². The summed E-state index contributed by atoms with van der Waals surface area (Å²) in [5, 5.41) is 0. The summed E-state index contributed by atoms with van der Waals surface area (Å²) in [6.45, 7) is 4.60. The molecule has 1 fully saturated rings. The van der Waals surface area contributed by atoms with E-state index in [9.17, 15) is 0 Å². The second-order valence-corrected chi connectivity index (χ2v) is 6.16. The van der Waals surface area contributed by atoms with Crippen LogP contribution in [0, 0.1) is 5.92 Å². The van der Waals surface area contributed by atoms with Crippen LogP contribution in [-0.2, 0) is 13.0 Å². The number of likely N-dealkylation sites (tertiary alicyclic amines) is 1. The minimum absolute atomic E-state index is 0.768. The van der Waals surface area contributed by atoms with E-state index in [1.807, 2.05) is 18.7 Å². The number of benzene rings is 1. The molecule has 0 amide bonds. The van der Waals surface area contributed by atoms with Gasteiger partial charge in [-0.1, -0.05) is 12.1 Å². The summed E-state index contributed by atoms with van der Waals surface area (Å²) in [6, 6.07) is 8.52. The largest absolute Gasteiger partial charge is 0.497 e. The molecule has 0 spiro atoms. The first-order valence-corrected chi connectivity index (χ1v) is 8.14. The van der Waals surface area contributed by atoms with Crippen LogP contribution in [0.2, 0.25) is 0 Å². The molecule has 1 aromatic carbocycles. The van der Waals surface area contributed by atoms with Crippen molar-refractivity contribution in [2.24, 2.45) is 5.92 Å². The second kappa shape index (κ2) is 7.45. The fraction of sp³-hybridized carbons (Fsp3) is 0.500. The van der Waals surface area contributed by atoms with Gasteiger partial charge >= 0.3 is 0 Å². The van der Waals surface area contributed by atoms with E-state index < -0.39 is 0 Å². The van der Waals surface area contributed by atoms with E-state index in [1.54, 1.807) is 7.11 Å². The van der Waals surface area contributed by atoms with E-state index in [-0.39, 0.29) is 0 Å². The maximum atomic E-state index is 5.23. The number of hydrogen-bond donors (Lipinski definition) is 0. The molecule has 4 nitrogen and oxygen atoms in total. The summed E-state index contributed by atoms with van der Waals surface area (Å²) in [7, 11) is 1.72. The molecule has 0 bridgehead atoms. The fourth-order valence-corrected chi connectivity index (χ4v) is 3.29. The van der Waals surface area contributed by atoms with Crippen molar-refractivity contribution >= 4 is 0 Å². The number of methoxy groups -OCH3 is 1. The highest BCUT2D eigenvalue weighted by Crippen LogP contribution is 2.22. The van der Waals surface area contributed by atoms with Gasteiger partial charge in [-0.15, -0.1) is 0 Å². The Morgan fingerprint density at radius 1 is 1.23 bits per heavy atom. The van der Waals surface area contributed by atoms with Crippen molar-refractivity contribution in [2.75, 3.05) is 26.7 Å². The molecule has 0 saturated carbocycles. The predicted molar refractivity (Wildman–Crippen MR) is 88.1 cm³/mol. The van der Waals surface area contributed by atoms with Crippen LogP contribution in [0.1, 0.15) is 18.4 Å². The summed E-state index contributed by atoms with van der Waals surface area (Å²) in [5.74, 6) is 1.71. The molecule has 3 rings (SSSR count). The summed E-state index contributed by atoms with van der Waals surface area (Å²) in [6.07, 6.45) is 9.62. The number of nitrogens with zero attached hydrogens (tertiary/aromatic N) is 3. The molecule has 0 N–H and O–H groups in total. The van der Waals surface area contributed by atoms with E-state index >= 15 is 0 Å². The number of aromatic nitrogens is 2. The molecule has 1 aromatic heterocycles. The Bertz CT molecular complexity index is 550. The van der Waals surface area contributed by atoms with Crippen LogP contribution >= 0.6 is 0 Å². The molecule has 2 aromatic rings. The summed E-state index contributed by atoms with van der Waals surface area (Å²) < 4.78 is 7.39. The first-order valence-electron chi connectivity index (χ1n) is 8.14. The van der Waals surface area contributed by atoms with Crippen LogP contribution in [-0.4, -0.2) is 41.2 Å². The molecule has 2 heterocycles. The molecule has 1 unspecified atom stereocenters. The number of ether oxygens (including phenoxy) is 1. The van der Waals surface area contributed by atoms with Gasteiger partial charge in [0, 0.05) is 32.0 Å². The van der Waals surface area contributed by atoms with Gasteiger partial charge in [0.25, 0.3) is 0 Å². The van der Waals surface area contributed by atoms with Gasteiger partial charge in [0.15, 0.2) is 0 Å². The Labute approximate surface area is 132 Å². The lowest BCUT2D eigenvalue weighted by molar-refractivity contribution is 0.169.